The number of carbonyl (C=O) groups excluding carboxylic acids is 1. The molecule has 7 nitrogen and oxygen atoms in total. The quantitative estimate of drug-likeness (QED) is 0.329. The minimum atomic E-state index is -0.784. The molecule has 0 aromatic heterocycles. The van der Waals surface area contributed by atoms with Gasteiger partial charge in [0, 0.05) is 36.9 Å². The Balaban J connectivity index is 1.12. The first-order chi connectivity index (χ1) is 19.8. The summed E-state index contributed by atoms with van der Waals surface area (Å²) in [5.74, 6) is 9.81. The van der Waals surface area contributed by atoms with Gasteiger partial charge >= 0.3 is 0 Å². The minimum Gasteiger partial charge on any atom is -0.396 e. The molecule has 0 aromatic rings. The van der Waals surface area contributed by atoms with Gasteiger partial charge in [0.2, 0.25) is 5.91 Å². The normalized spacial score (nSPS) is 42.2. The highest BCUT2D eigenvalue weighted by Gasteiger charge is 2.49. The predicted molar refractivity (Wildman–Crippen MR) is 157 cm³/mol. The first kappa shape index (κ1) is 31.2. The molecule has 1 amide bonds. The van der Waals surface area contributed by atoms with Crippen LogP contribution in [0.4, 0.5) is 4.39 Å². The van der Waals surface area contributed by atoms with Crippen molar-refractivity contribution >= 4 is 5.91 Å². The fraction of sp³-hybridized carbons (Fsp3) is 0.909. The lowest BCUT2D eigenvalue weighted by molar-refractivity contribution is -0.193. The molecule has 5 unspecified atom stereocenters. The number of hydroxylamine groups is 2. The van der Waals surface area contributed by atoms with E-state index in [4.69, 9.17) is 4.84 Å². The number of aliphatic hydroxyl groups is 2. The lowest BCUT2D eigenvalue weighted by atomic mass is 9.78. The van der Waals surface area contributed by atoms with Crippen molar-refractivity contribution in [2.75, 3.05) is 26.2 Å². The number of hydrogen-bond donors (Lipinski definition) is 4. The van der Waals surface area contributed by atoms with Crippen LogP contribution in [0, 0.1) is 53.3 Å². The third-order valence-corrected chi connectivity index (χ3v) is 11.0. The standard InChI is InChI=1S/C33H54FN3O4/c1-21-3-5-23(6-4-21)7-8-24-9-11-25(12-10-24)19-37-31(29(20-38)32(41-37)22(2)39)33(40)35-16-15-26-18-36-30-17-27(34)13-14-28(26)30/h21-32,36,38-39H,3-6,9-20H2,1-2H3,(H,35,40)/t21?,22-,23?,24?,25?,26?,27?,28?,29+,30?,31?,32+/m0/s1. The molecule has 0 spiro atoms. The van der Waals surface area contributed by atoms with Gasteiger partial charge in [0.25, 0.3) is 0 Å². The Morgan fingerprint density at radius 2 is 1.76 bits per heavy atom. The number of alkyl halides is 1. The number of nitrogens with zero attached hydrogens (tertiary/aromatic N) is 1. The van der Waals surface area contributed by atoms with Crippen LogP contribution in [-0.4, -0.2) is 77.9 Å². The van der Waals surface area contributed by atoms with Crippen molar-refractivity contribution in [2.45, 2.75) is 121 Å². The topological polar surface area (TPSA) is 94.1 Å². The average molecular weight is 576 g/mol. The minimum absolute atomic E-state index is 0.136. The van der Waals surface area contributed by atoms with Crippen LogP contribution in [-0.2, 0) is 9.63 Å². The first-order valence-corrected chi connectivity index (χ1v) is 16.7. The van der Waals surface area contributed by atoms with Crippen LogP contribution in [0.5, 0.6) is 0 Å². The molecule has 3 aliphatic carbocycles. The van der Waals surface area contributed by atoms with E-state index in [0.717, 1.165) is 51.0 Å². The van der Waals surface area contributed by atoms with Gasteiger partial charge in [-0.15, -0.1) is 0 Å². The third kappa shape index (κ3) is 7.84. The summed E-state index contributed by atoms with van der Waals surface area (Å²) in [6, 6.07) is -0.358. The first-order valence-electron chi connectivity index (χ1n) is 16.7. The molecular formula is C33H54FN3O4. The number of amides is 1. The van der Waals surface area contributed by atoms with Crippen LogP contribution in [0.25, 0.3) is 0 Å². The molecule has 5 aliphatic rings. The van der Waals surface area contributed by atoms with Crippen LogP contribution < -0.4 is 10.6 Å². The van der Waals surface area contributed by atoms with E-state index in [2.05, 4.69) is 29.4 Å². The highest BCUT2D eigenvalue weighted by Crippen LogP contribution is 2.38. The van der Waals surface area contributed by atoms with Crippen molar-refractivity contribution in [1.29, 1.82) is 0 Å². The Bertz CT molecular complexity index is 908. The summed E-state index contributed by atoms with van der Waals surface area (Å²) in [5.41, 5.74) is 0. The van der Waals surface area contributed by atoms with Crippen LogP contribution in [0.1, 0.15) is 90.9 Å². The van der Waals surface area contributed by atoms with E-state index in [1.165, 1.54) is 25.7 Å². The molecule has 0 radical (unpaired) electrons. The molecule has 2 heterocycles. The van der Waals surface area contributed by atoms with Crippen LogP contribution in [0.2, 0.25) is 0 Å². The zero-order valence-electron chi connectivity index (χ0n) is 25.3. The highest BCUT2D eigenvalue weighted by molar-refractivity contribution is 5.82. The van der Waals surface area contributed by atoms with E-state index in [-0.39, 0.29) is 18.6 Å². The Morgan fingerprint density at radius 1 is 1.07 bits per heavy atom. The summed E-state index contributed by atoms with van der Waals surface area (Å²) >= 11 is 0. The van der Waals surface area contributed by atoms with Gasteiger partial charge in [0.1, 0.15) is 18.3 Å². The predicted octanol–water partition coefficient (Wildman–Crippen LogP) is 3.83. The molecule has 3 saturated carbocycles. The Morgan fingerprint density at radius 3 is 2.41 bits per heavy atom. The number of rotatable bonds is 8. The summed E-state index contributed by atoms with van der Waals surface area (Å²) in [5, 5.41) is 29.0. The van der Waals surface area contributed by atoms with E-state index in [1.807, 2.05) is 0 Å². The molecule has 41 heavy (non-hydrogen) atoms. The molecule has 8 atom stereocenters. The smallest absolute Gasteiger partial charge is 0.240 e. The number of carbonyl (C=O) groups is 1. The van der Waals surface area contributed by atoms with Crippen LogP contribution in [0.15, 0.2) is 0 Å². The number of nitrogens with one attached hydrogen (secondary N) is 2. The van der Waals surface area contributed by atoms with Gasteiger partial charge < -0.3 is 20.8 Å². The number of aliphatic hydroxyl groups excluding tert-OH is 2. The summed E-state index contributed by atoms with van der Waals surface area (Å²) in [6.45, 7) is 5.86. The van der Waals surface area contributed by atoms with Crippen LogP contribution >= 0.6 is 0 Å². The molecule has 0 aromatic carbocycles. The molecule has 2 saturated heterocycles. The van der Waals surface area contributed by atoms with Crippen molar-refractivity contribution in [2.24, 2.45) is 41.4 Å². The van der Waals surface area contributed by atoms with E-state index in [1.54, 1.807) is 12.0 Å². The molecule has 5 rings (SSSR count). The van der Waals surface area contributed by atoms with Crippen molar-refractivity contribution in [1.82, 2.24) is 15.7 Å². The summed E-state index contributed by atoms with van der Waals surface area (Å²) in [7, 11) is 0. The van der Waals surface area contributed by atoms with E-state index >= 15 is 0 Å². The Labute approximate surface area is 246 Å². The van der Waals surface area contributed by atoms with Gasteiger partial charge in [0.15, 0.2) is 0 Å². The largest absolute Gasteiger partial charge is 0.396 e. The number of hydrogen-bond acceptors (Lipinski definition) is 6. The van der Waals surface area contributed by atoms with Crippen LogP contribution in [0.3, 0.4) is 0 Å². The second-order valence-electron chi connectivity index (χ2n) is 14.1. The molecule has 4 N–H and O–H groups in total. The van der Waals surface area contributed by atoms with Gasteiger partial charge in [-0.1, -0.05) is 18.8 Å². The maximum Gasteiger partial charge on any atom is 0.240 e. The lowest BCUT2D eigenvalue weighted by Crippen LogP contribution is -2.49. The molecule has 8 heteroatoms. The Kier molecular flexibility index (Phi) is 11.0. The van der Waals surface area contributed by atoms with Crippen molar-refractivity contribution < 1.29 is 24.2 Å². The maximum absolute atomic E-state index is 13.8. The van der Waals surface area contributed by atoms with Gasteiger partial charge in [-0.25, -0.2) is 4.39 Å². The fourth-order valence-electron chi connectivity index (χ4n) is 8.41. The van der Waals surface area contributed by atoms with Crippen molar-refractivity contribution in [3.05, 3.63) is 0 Å². The third-order valence-electron chi connectivity index (χ3n) is 11.0. The zero-order valence-corrected chi connectivity index (χ0v) is 25.3. The maximum atomic E-state index is 13.8. The number of fused-ring (bicyclic) bond motifs is 1. The summed E-state index contributed by atoms with van der Waals surface area (Å²) in [4.78, 5) is 19.7. The second kappa shape index (κ2) is 14.5. The summed E-state index contributed by atoms with van der Waals surface area (Å²) in [6.07, 6.45) is 10.3. The molecule has 0 bridgehead atoms. The molecule has 5 fully saturated rings. The molecule has 2 aliphatic heterocycles. The van der Waals surface area contributed by atoms with Gasteiger partial charge in [0.05, 0.1) is 12.7 Å². The molecular weight excluding hydrogens is 521 g/mol. The van der Waals surface area contributed by atoms with E-state index < -0.39 is 30.3 Å². The van der Waals surface area contributed by atoms with Gasteiger partial charge in [-0.05, 0) is 114 Å². The lowest BCUT2D eigenvalue weighted by Gasteiger charge is -2.32. The summed E-state index contributed by atoms with van der Waals surface area (Å²) < 4.78 is 13.8. The SMILES string of the molecule is CC1CCC(C#CC2CCC(CN3O[C@H]([C@H](C)O)[C@H](CO)C3C(=O)NCCC3CNC4CC(F)CCC34)CC2)CC1. The average Bonchev–Trinajstić information content (AvgIpc) is 3.54. The van der Waals surface area contributed by atoms with E-state index in [9.17, 15) is 19.4 Å². The zero-order chi connectivity index (χ0) is 28.9. The highest BCUT2D eigenvalue weighted by atomic mass is 19.1. The number of halogens is 1. The van der Waals surface area contributed by atoms with Gasteiger partial charge in [-0.2, -0.15) is 5.06 Å². The van der Waals surface area contributed by atoms with Crippen molar-refractivity contribution in [3.8, 4) is 11.8 Å². The second-order valence-corrected chi connectivity index (χ2v) is 14.1. The molecule has 232 valence electrons. The Hall–Kier alpha value is -1.24. The monoisotopic (exact) mass is 575 g/mol. The van der Waals surface area contributed by atoms with Gasteiger partial charge in [-0.3, -0.25) is 9.63 Å². The fourth-order valence-corrected chi connectivity index (χ4v) is 8.41. The van der Waals surface area contributed by atoms with Crippen molar-refractivity contribution in [3.63, 3.8) is 0 Å². The van der Waals surface area contributed by atoms with E-state index in [0.29, 0.717) is 55.5 Å².